The first-order valence-corrected chi connectivity index (χ1v) is 6.33. The quantitative estimate of drug-likeness (QED) is 0.742. The fourth-order valence-corrected chi connectivity index (χ4v) is 1.81. The summed E-state index contributed by atoms with van der Waals surface area (Å²) < 4.78 is 18.2. The van der Waals surface area contributed by atoms with Crippen molar-refractivity contribution in [1.82, 2.24) is 5.32 Å². The van der Waals surface area contributed by atoms with Crippen LogP contribution in [0.15, 0.2) is 18.2 Å². The molecule has 0 aliphatic rings. The lowest BCUT2D eigenvalue weighted by Gasteiger charge is -2.15. The van der Waals surface area contributed by atoms with Gasteiger partial charge in [0.15, 0.2) is 0 Å². The van der Waals surface area contributed by atoms with E-state index in [0.717, 1.165) is 12.0 Å². The van der Waals surface area contributed by atoms with Crippen molar-refractivity contribution < 1.29 is 19.0 Å². The Labute approximate surface area is 112 Å². The van der Waals surface area contributed by atoms with Gasteiger partial charge in [-0.15, -0.1) is 0 Å². The lowest BCUT2D eigenvalue weighted by atomic mass is 10.1. The van der Waals surface area contributed by atoms with E-state index in [4.69, 9.17) is 5.11 Å². The molecule has 0 spiro atoms. The number of esters is 1. The molecular weight excluding hydrogens is 249 g/mol. The molecule has 0 fully saturated rings. The average Bonchev–Trinajstić information content (AvgIpc) is 2.42. The third-order valence-corrected chi connectivity index (χ3v) is 3.00. The van der Waals surface area contributed by atoms with Gasteiger partial charge in [0.2, 0.25) is 0 Å². The van der Waals surface area contributed by atoms with Crippen LogP contribution in [0.2, 0.25) is 0 Å². The number of halogens is 1. The second-order valence-electron chi connectivity index (χ2n) is 4.30. The van der Waals surface area contributed by atoms with E-state index in [-0.39, 0.29) is 18.2 Å². The smallest absolute Gasteiger partial charge is 0.340 e. The highest BCUT2D eigenvalue weighted by molar-refractivity contribution is 5.89. The number of carbonyl (C=O) groups excluding carboxylic acids is 1. The summed E-state index contributed by atoms with van der Waals surface area (Å²) in [6, 6.07) is 4.64. The summed E-state index contributed by atoms with van der Waals surface area (Å²) in [7, 11) is 1.22. The van der Waals surface area contributed by atoms with Gasteiger partial charge in [0.05, 0.1) is 12.7 Å². The summed E-state index contributed by atoms with van der Waals surface area (Å²) in [6.07, 6.45) is 1.56. The third kappa shape index (κ3) is 4.61. The van der Waals surface area contributed by atoms with Gasteiger partial charge in [0.1, 0.15) is 5.82 Å². The predicted octanol–water partition coefficient (Wildman–Crippen LogP) is 1.86. The molecule has 19 heavy (non-hydrogen) atoms. The number of aliphatic hydroxyl groups excluding tert-OH is 1. The maximum absolute atomic E-state index is 13.7. The van der Waals surface area contributed by atoms with E-state index in [2.05, 4.69) is 10.1 Å². The van der Waals surface area contributed by atoms with Crippen molar-refractivity contribution in [2.45, 2.75) is 32.4 Å². The summed E-state index contributed by atoms with van der Waals surface area (Å²) in [5.74, 6) is -1.26. The molecule has 0 radical (unpaired) electrons. The molecule has 1 atom stereocenters. The van der Waals surface area contributed by atoms with Crippen molar-refractivity contribution >= 4 is 5.97 Å². The van der Waals surface area contributed by atoms with Crippen molar-refractivity contribution in [1.29, 1.82) is 0 Å². The van der Waals surface area contributed by atoms with Crippen molar-refractivity contribution in [3.8, 4) is 0 Å². The summed E-state index contributed by atoms with van der Waals surface area (Å²) in [5.41, 5.74) is 0.690. The van der Waals surface area contributed by atoms with Crippen molar-refractivity contribution in [2.75, 3.05) is 13.7 Å². The standard InChI is InChI=1S/C14H20FNO3/c1-3-11(6-7-17)16-9-10-4-5-12(13(15)8-10)14(18)19-2/h4-5,8,11,16-17H,3,6-7,9H2,1-2H3. The molecule has 0 aliphatic carbocycles. The highest BCUT2D eigenvalue weighted by atomic mass is 19.1. The molecule has 5 heteroatoms. The molecular formula is C14H20FNO3. The number of rotatable bonds is 7. The van der Waals surface area contributed by atoms with Gasteiger partial charge in [-0.2, -0.15) is 0 Å². The van der Waals surface area contributed by atoms with Gasteiger partial charge in [-0.1, -0.05) is 13.0 Å². The van der Waals surface area contributed by atoms with Crippen molar-refractivity contribution in [2.24, 2.45) is 0 Å². The van der Waals surface area contributed by atoms with Crippen molar-refractivity contribution in [3.05, 3.63) is 35.1 Å². The number of ether oxygens (including phenoxy) is 1. The fraction of sp³-hybridized carbons (Fsp3) is 0.500. The van der Waals surface area contributed by atoms with E-state index in [1.807, 2.05) is 6.92 Å². The molecule has 1 aromatic carbocycles. The van der Waals surface area contributed by atoms with E-state index < -0.39 is 11.8 Å². The van der Waals surface area contributed by atoms with Crippen LogP contribution in [-0.4, -0.2) is 30.8 Å². The SMILES string of the molecule is CCC(CCO)NCc1ccc(C(=O)OC)c(F)c1. The van der Waals surface area contributed by atoms with E-state index in [0.29, 0.717) is 13.0 Å². The Balaban J connectivity index is 2.65. The molecule has 106 valence electrons. The maximum atomic E-state index is 13.7. The van der Waals surface area contributed by atoms with Gasteiger partial charge in [-0.3, -0.25) is 0 Å². The Kier molecular flexibility index (Phi) is 6.45. The monoisotopic (exact) mass is 269 g/mol. The highest BCUT2D eigenvalue weighted by Crippen LogP contribution is 2.12. The minimum Gasteiger partial charge on any atom is -0.465 e. The Morgan fingerprint density at radius 2 is 2.26 bits per heavy atom. The molecule has 1 unspecified atom stereocenters. The summed E-state index contributed by atoms with van der Waals surface area (Å²) in [5, 5.41) is 12.1. The molecule has 0 heterocycles. The molecule has 0 saturated heterocycles. The summed E-state index contributed by atoms with van der Waals surface area (Å²) in [4.78, 5) is 11.2. The number of hydrogen-bond donors (Lipinski definition) is 2. The predicted molar refractivity (Wildman–Crippen MR) is 70.4 cm³/mol. The number of hydrogen-bond acceptors (Lipinski definition) is 4. The molecule has 4 nitrogen and oxygen atoms in total. The third-order valence-electron chi connectivity index (χ3n) is 3.00. The Morgan fingerprint density at radius 1 is 1.53 bits per heavy atom. The number of benzene rings is 1. The van der Waals surface area contributed by atoms with Gasteiger partial charge in [-0.05, 0) is 30.5 Å². The molecule has 1 aromatic rings. The zero-order valence-electron chi connectivity index (χ0n) is 11.3. The number of nitrogens with one attached hydrogen (secondary N) is 1. The van der Waals surface area contributed by atoms with Crippen LogP contribution in [0.3, 0.4) is 0 Å². The minimum atomic E-state index is -0.677. The van der Waals surface area contributed by atoms with Crippen LogP contribution < -0.4 is 5.32 Å². The van der Waals surface area contributed by atoms with E-state index in [9.17, 15) is 9.18 Å². The molecule has 0 aliphatic heterocycles. The molecule has 0 aromatic heterocycles. The molecule has 0 amide bonds. The van der Waals surface area contributed by atoms with Crippen LogP contribution in [0.5, 0.6) is 0 Å². The first-order valence-electron chi connectivity index (χ1n) is 6.33. The van der Waals surface area contributed by atoms with E-state index in [1.165, 1.54) is 19.2 Å². The van der Waals surface area contributed by atoms with Gasteiger partial charge in [-0.25, -0.2) is 9.18 Å². The molecule has 0 saturated carbocycles. The summed E-state index contributed by atoms with van der Waals surface area (Å²) in [6.45, 7) is 2.65. The summed E-state index contributed by atoms with van der Waals surface area (Å²) >= 11 is 0. The zero-order valence-corrected chi connectivity index (χ0v) is 11.3. The maximum Gasteiger partial charge on any atom is 0.340 e. The topological polar surface area (TPSA) is 58.6 Å². The molecule has 2 N–H and O–H groups in total. The number of aliphatic hydroxyl groups is 1. The Morgan fingerprint density at radius 3 is 2.79 bits per heavy atom. The van der Waals surface area contributed by atoms with E-state index in [1.54, 1.807) is 6.07 Å². The molecule has 0 bridgehead atoms. The fourth-order valence-electron chi connectivity index (χ4n) is 1.81. The normalized spacial score (nSPS) is 12.2. The highest BCUT2D eigenvalue weighted by Gasteiger charge is 2.12. The zero-order chi connectivity index (χ0) is 14.3. The van der Waals surface area contributed by atoms with Gasteiger partial charge >= 0.3 is 5.97 Å². The van der Waals surface area contributed by atoms with Gasteiger partial charge in [0.25, 0.3) is 0 Å². The van der Waals surface area contributed by atoms with Crippen LogP contribution in [0, 0.1) is 5.82 Å². The second kappa shape index (κ2) is 7.86. The van der Waals surface area contributed by atoms with Crippen LogP contribution in [0.1, 0.15) is 35.7 Å². The second-order valence-corrected chi connectivity index (χ2v) is 4.30. The Hall–Kier alpha value is -1.46. The van der Waals surface area contributed by atoms with E-state index >= 15 is 0 Å². The number of carbonyl (C=O) groups is 1. The first-order chi connectivity index (χ1) is 9.12. The number of methoxy groups -OCH3 is 1. The Bertz CT molecular complexity index is 423. The lowest BCUT2D eigenvalue weighted by molar-refractivity contribution is 0.0595. The van der Waals surface area contributed by atoms with Crippen LogP contribution in [-0.2, 0) is 11.3 Å². The van der Waals surface area contributed by atoms with Crippen LogP contribution >= 0.6 is 0 Å². The largest absolute Gasteiger partial charge is 0.465 e. The van der Waals surface area contributed by atoms with Crippen molar-refractivity contribution in [3.63, 3.8) is 0 Å². The van der Waals surface area contributed by atoms with Gasteiger partial charge in [0, 0.05) is 19.2 Å². The first kappa shape index (κ1) is 15.6. The average molecular weight is 269 g/mol. The van der Waals surface area contributed by atoms with Gasteiger partial charge < -0.3 is 15.2 Å². The van der Waals surface area contributed by atoms with Crippen LogP contribution in [0.25, 0.3) is 0 Å². The van der Waals surface area contributed by atoms with Crippen LogP contribution in [0.4, 0.5) is 4.39 Å². The minimum absolute atomic E-state index is 0.0614. The lowest BCUT2D eigenvalue weighted by Crippen LogP contribution is -2.28. The molecule has 1 rings (SSSR count).